The average Bonchev–Trinajstić information content (AvgIpc) is 2.59. The molecular formula is C16H16ClNO5S. The number of methoxy groups -OCH3 is 2. The summed E-state index contributed by atoms with van der Waals surface area (Å²) in [7, 11) is -1.16. The zero-order valence-electron chi connectivity index (χ0n) is 13.1. The number of hydrogen-bond acceptors (Lipinski definition) is 5. The van der Waals surface area contributed by atoms with Crippen LogP contribution in [0.1, 0.15) is 15.9 Å². The van der Waals surface area contributed by atoms with Crippen LogP contribution in [0.5, 0.6) is 5.75 Å². The predicted molar refractivity (Wildman–Crippen MR) is 89.8 cm³/mol. The van der Waals surface area contributed by atoms with E-state index < -0.39 is 16.0 Å². The van der Waals surface area contributed by atoms with Crippen LogP contribution >= 0.6 is 11.6 Å². The van der Waals surface area contributed by atoms with Crippen LogP contribution in [0.15, 0.2) is 47.4 Å². The topological polar surface area (TPSA) is 81.7 Å². The molecule has 0 saturated carbocycles. The van der Waals surface area contributed by atoms with Crippen molar-refractivity contribution in [1.29, 1.82) is 0 Å². The van der Waals surface area contributed by atoms with Crippen molar-refractivity contribution < 1.29 is 22.7 Å². The van der Waals surface area contributed by atoms with E-state index in [1.165, 1.54) is 32.4 Å². The molecule has 24 heavy (non-hydrogen) atoms. The van der Waals surface area contributed by atoms with E-state index >= 15 is 0 Å². The maximum absolute atomic E-state index is 12.5. The molecule has 2 aromatic carbocycles. The van der Waals surface area contributed by atoms with E-state index in [-0.39, 0.29) is 22.0 Å². The molecule has 2 aromatic rings. The van der Waals surface area contributed by atoms with Crippen LogP contribution in [0, 0.1) is 0 Å². The molecule has 8 heteroatoms. The summed E-state index contributed by atoms with van der Waals surface area (Å²) in [5, 5.41) is 0.0146. The van der Waals surface area contributed by atoms with Crippen LogP contribution < -0.4 is 9.46 Å². The van der Waals surface area contributed by atoms with Gasteiger partial charge in [-0.2, -0.15) is 0 Å². The Bertz CT molecular complexity index is 851. The summed E-state index contributed by atoms with van der Waals surface area (Å²) in [6.45, 7) is 0.0539. The van der Waals surface area contributed by atoms with Crippen LogP contribution in [0.2, 0.25) is 5.02 Å². The number of esters is 1. The van der Waals surface area contributed by atoms with Gasteiger partial charge in [-0.25, -0.2) is 17.9 Å². The van der Waals surface area contributed by atoms with Gasteiger partial charge in [-0.1, -0.05) is 23.7 Å². The van der Waals surface area contributed by atoms with Gasteiger partial charge in [-0.15, -0.1) is 0 Å². The Morgan fingerprint density at radius 2 is 1.92 bits per heavy atom. The van der Waals surface area contributed by atoms with Gasteiger partial charge >= 0.3 is 5.97 Å². The standard InChI is InChI=1S/C16H16ClNO5S/c1-22-13-5-3-4-11(8-13)10-18-24(20,21)15-9-12(16(19)23-2)6-7-14(15)17/h3-9,18H,10H2,1-2H3. The van der Waals surface area contributed by atoms with E-state index in [1.54, 1.807) is 24.3 Å². The lowest BCUT2D eigenvalue weighted by Gasteiger charge is -2.10. The highest BCUT2D eigenvalue weighted by Crippen LogP contribution is 2.23. The highest BCUT2D eigenvalue weighted by Gasteiger charge is 2.20. The number of hydrogen-bond donors (Lipinski definition) is 1. The number of carbonyl (C=O) groups excluding carboxylic acids is 1. The van der Waals surface area contributed by atoms with E-state index in [0.29, 0.717) is 5.75 Å². The van der Waals surface area contributed by atoms with Crippen molar-refractivity contribution in [3.8, 4) is 5.75 Å². The summed E-state index contributed by atoms with van der Waals surface area (Å²) in [6, 6.07) is 10.9. The molecule has 0 aliphatic carbocycles. The molecule has 0 radical (unpaired) electrons. The van der Waals surface area contributed by atoms with Gasteiger partial charge in [0.25, 0.3) is 0 Å². The van der Waals surface area contributed by atoms with Crippen molar-refractivity contribution in [2.45, 2.75) is 11.4 Å². The zero-order chi connectivity index (χ0) is 17.7. The van der Waals surface area contributed by atoms with Gasteiger partial charge in [0, 0.05) is 6.54 Å². The fourth-order valence-electron chi connectivity index (χ4n) is 1.99. The van der Waals surface area contributed by atoms with Gasteiger partial charge in [0.05, 0.1) is 24.8 Å². The molecule has 0 aliphatic rings. The average molecular weight is 370 g/mol. The van der Waals surface area contributed by atoms with E-state index in [4.69, 9.17) is 16.3 Å². The number of sulfonamides is 1. The number of rotatable bonds is 6. The Balaban J connectivity index is 2.25. The first-order valence-corrected chi connectivity index (χ1v) is 8.74. The van der Waals surface area contributed by atoms with E-state index in [0.717, 1.165) is 5.56 Å². The Morgan fingerprint density at radius 1 is 1.17 bits per heavy atom. The minimum atomic E-state index is -3.90. The molecule has 0 atom stereocenters. The van der Waals surface area contributed by atoms with Gasteiger partial charge in [-0.05, 0) is 35.9 Å². The third-order valence-electron chi connectivity index (χ3n) is 3.24. The monoisotopic (exact) mass is 369 g/mol. The van der Waals surface area contributed by atoms with Gasteiger partial charge in [0.2, 0.25) is 10.0 Å². The second kappa shape index (κ2) is 7.65. The summed E-state index contributed by atoms with van der Waals surface area (Å²) >= 11 is 5.97. The van der Waals surface area contributed by atoms with Gasteiger partial charge in [0.15, 0.2) is 0 Å². The van der Waals surface area contributed by atoms with Crippen LogP contribution in [0.25, 0.3) is 0 Å². The molecule has 0 aliphatic heterocycles. The Labute approximate surface area is 145 Å². The molecule has 0 spiro atoms. The first-order chi connectivity index (χ1) is 11.4. The van der Waals surface area contributed by atoms with Crippen LogP contribution in [-0.4, -0.2) is 28.6 Å². The second-order valence-corrected chi connectivity index (χ2v) is 6.96. The van der Waals surface area contributed by atoms with Gasteiger partial charge in [0.1, 0.15) is 10.6 Å². The van der Waals surface area contributed by atoms with Crippen LogP contribution in [0.4, 0.5) is 0 Å². The Kier molecular flexibility index (Phi) is 5.82. The quantitative estimate of drug-likeness (QED) is 0.791. The van der Waals surface area contributed by atoms with Gasteiger partial charge in [-0.3, -0.25) is 0 Å². The number of nitrogens with one attached hydrogen (secondary N) is 1. The molecule has 0 fully saturated rings. The lowest BCUT2D eigenvalue weighted by atomic mass is 10.2. The highest BCUT2D eigenvalue weighted by molar-refractivity contribution is 7.89. The SMILES string of the molecule is COC(=O)c1ccc(Cl)c(S(=O)(=O)NCc2cccc(OC)c2)c1. The molecular weight excluding hydrogens is 354 g/mol. The molecule has 128 valence electrons. The highest BCUT2D eigenvalue weighted by atomic mass is 35.5. The van der Waals surface area contributed by atoms with Crippen molar-refractivity contribution in [2.24, 2.45) is 0 Å². The maximum Gasteiger partial charge on any atom is 0.337 e. The number of carbonyl (C=O) groups is 1. The Morgan fingerprint density at radius 3 is 2.58 bits per heavy atom. The molecule has 0 saturated heterocycles. The summed E-state index contributed by atoms with van der Waals surface area (Å²) < 4.78 is 37.1. The molecule has 1 N–H and O–H groups in total. The first kappa shape index (κ1) is 18.3. The fourth-order valence-corrected chi connectivity index (χ4v) is 3.53. The fraction of sp³-hybridized carbons (Fsp3) is 0.188. The van der Waals surface area contributed by atoms with Crippen molar-refractivity contribution >= 4 is 27.6 Å². The first-order valence-electron chi connectivity index (χ1n) is 6.88. The van der Waals surface area contributed by atoms with Crippen molar-refractivity contribution in [1.82, 2.24) is 4.72 Å². The number of benzene rings is 2. The summed E-state index contributed by atoms with van der Waals surface area (Å²) in [5.74, 6) is -0.0201. The van der Waals surface area contributed by atoms with E-state index in [2.05, 4.69) is 9.46 Å². The van der Waals surface area contributed by atoms with E-state index in [9.17, 15) is 13.2 Å². The van der Waals surface area contributed by atoms with Crippen molar-refractivity contribution in [2.75, 3.05) is 14.2 Å². The summed E-state index contributed by atoms with van der Waals surface area (Å²) in [6.07, 6.45) is 0. The number of ether oxygens (including phenoxy) is 2. The normalized spacial score (nSPS) is 11.1. The molecule has 2 rings (SSSR count). The molecule has 0 aromatic heterocycles. The largest absolute Gasteiger partial charge is 0.497 e. The lowest BCUT2D eigenvalue weighted by Crippen LogP contribution is -2.24. The minimum absolute atomic E-state index is 0.0146. The van der Waals surface area contributed by atoms with Gasteiger partial charge < -0.3 is 9.47 Å². The molecule has 0 bridgehead atoms. The third-order valence-corrected chi connectivity index (χ3v) is 5.13. The predicted octanol–water partition coefficient (Wildman–Crippen LogP) is 2.61. The smallest absolute Gasteiger partial charge is 0.337 e. The Hall–Kier alpha value is -2.09. The number of halogens is 1. The van der Waals surface area contributed by atoms with Crippen molar-refractivity contribution in [3.05, 3.63) is 58.6 Å². The minimum Gasteiger partial charge on any atom is -0.497 e. The molecule has 6 nitrogen and oxygen atoms in total. The second-order valence-electron chi connectivity index (χ2n) is 4.81. The molecule has 0 unspecified atom stereocenters. The third kappa shape index (κ3) is 4.25. The molecule has 0 heterocycles. The lowest BCUT2D eigenvalue weighted by molar-refractivity contribution is 0.0600. The molecule has 0 amide bonds. The van der Waals surface area contributed by atoms with E-state index in [1.807, 2.05) is 0 Å². The summed E-state index contributed by atoms with van der Waals surface area (Å²) in [4.78, 5) is 11.4. The summed E-state index contributed by atoms with van der Waals surface area (Å²) in [5.41, 5.74) is 0.821. The maximum atomic E-state index is 12.5. The van der Waals surface area contributed by atoms with Crippen molar-refractivity contribution in [3.63, 3.8) is 0 Å². The zero-order valence-corrected chi connectivity index (χ0v) is 14.6. The van der Waals surface area contributed by atoms with Crippen LogP contribution in [0.3, 0.4) is 0 Å². The van der Waals surface area contributed by atoms with Crippen LogP contribution in [-0.2, 0) is 21.3 Å².